The number of fused-ring (bicyclic) bond motifs is 5. The Morgan fingerprint density at radius 3 is 2.11 bits per heavy atom. The van der Waals surface area contributed by atoms with Gasteiger partial charge < -0.3 is 53.3 Å². The van der Waals surface area contributed by atoms with Crippen molar-refractivity contribution in [3.8, 4) is 0 Å². The van der Waals surface area contributed by atoms with Gasteiger partial charge in [0.25, 0.3) is 0 Å². The van der Waals surface area contributed by atoms with Gasteiger partial charge in [-0.3, -0.25) is 9.59 Å². The zero-order chi connectivity index (χ0) is 41.9. The van der Waals surface area contributed by atoms with Crippen molar-refractivity contribution in [3.05, 3.63) is 46.4 Å². The smallest absolute Gasteiger partial charge is 0.347 e. The standard InChI is InChI=1S/C40H52O16/c1-17(2)30(44)54-28-22-21(12-14-36(7)24(22)23(29(42)43)31(45)53-27(36)20-13-15-51-16-20)37(8)26(25(32(46)50-11)52-19(4)41)35(5,6)33(40(28,49)39(37,10)48)55-34(47)38(9)18(3)56-38/h13,15-18,25-29,33,42-43,48-49H,12,14H2,1-11H3. The molecule has 3 heterocycles. The Balaban J connectivity index is 1.79. The molecule has 11 atom stereocenters. The van der Waals surface area contributed by atoms with Crippen LogP contribution in [0.2, 0.25) is 0 Å². The highest BCUT2D eigenvalue weighted by molar-refractivity contribution is 5.94. The summed E-state index contributed by atoms with van der Waals surface area (Å²) in [5, 5.41) is 48.9. The van der Waals surface area contributed by atoms with E-state index in [1.165, 1.54) is 47.1 Å². The third kappa shape index (κ3) is 5.46. The number of esters is 5. The highest BCUT2D eigenvalue weighted by Gasteiger charge is 2.83. The number of hydrogen-bond donors (Lipinski definition) is 4. The predicted octanol–water partition coefficient (Wildman–Crippen LogP) is 2.50. The summed E-state index contributed by atoms with van der Waals surface area (Å²) in [6.45, 7) is 14.9. The lowest BCUT2D eigenvalue weighted by Crippen LogP contribution is -2.85. The lowest BCUT2D eigenvalue weighted by Gasteiger charge is -2.72. The van der Waals surface area contributed by atoms with E-state index in [0.29, 0.717) is 5.56 Å². The molecule has 1 aromatic heterocycles. The highest BCUT2D eigenvalue weighted by Crippen LogP contribution is 2.73. The first-order valence-electron chi connectivity index (χ1n) is 18.7. The molecule has 2 bridgehead atoms. The first kappa shape index (κ1) is 41.5. The fourth-order valence-electron chi connectivity index (χ4n) is 10.3. The molecule has 2 fully saturated rings. The molecule has 56 heavy (non-hydrogen) atoms. The molecule has 11 unspecified atom stereocenters. The third-order valence-electron chi connectivity index (χ3n) is 13.5. The molecule has 308 valence electrons. The fourth-order valence-corrected chi connectivity index (χ4v) is 10.3. The summed E-state index contributed by atoms with van der Waals surface area (Å²) in [6.07, 6.45) is -6.99. The summed E-state index contributed by atoms with van der Waals surface area (Å²) in [4.78, 5) is 68.6. The Kier molecular flexibility index (Phi) is 9.81. The maximum Gasteiger partial charge on any atom is 0.347 e. The Morgan fingerprint density at radius 1 is 0.982 bits per heavy atom. The van der Waals surface area contributed by atoms with Gasteiger partial charge in [-0.1, -0.05) is 47.1 Å². The van der Waals surface area contributed by atoms with E-state index >= 15 is 0 Å². The number of hydrogen-bond acceptors (Lipinski definition) is 16. The van der Waals surface area contributed by atoms with Crippen molar-refractivity contribution in [2.45, 2.75) is 136 Å². The van der Waals surface area contributed by atoms with Gasteiger partial charge in [0.2, 0.25) is 6.10 Å². The van der Waals surface area contributed by atoms with Gasteiger partial charge in [0, 0.05) is 40.2 Å². The molecule has 3 aliphatic carbocycles. The van der Waals surface area contributed by atoms with Crippen molar-refractivity contribution >= 4 is 29.8 Å². The zero-order valence-electron chi connectivity index (χ0n) is 33.5. The molecule has 0 amide bonds. The summed E-state index contributed by atoms with van der Waals surface area (Å²) in [5.41, 5.74) is -11.9. The van der Waals surface area contributed by atoms with Crippen molar-refractivity contribution < 1.29 is 77.2 Å². The summed E-state index contributed by atoms with van der Waals surface area (Å²) in [5.74, 6) is -7.09. The summed E-state index contributed by atoms with van der Waals surface area (Å²) < 4.78 is 40.2. The molecule has 1 aromatic rings. The van der Waals surface area contributed by atoms with Crippen LogP contribution in [0.1, 0.15) is 93.7 Å². The van der Waals surface area contributed by atoms with E-state index in [9.17, 15) is 44.4 Å². The van der Waals surface area contributed by atoms with Crippen LogP contribution in [-0.2, 0) is 52.4 Å². The minimum Gasteiger partial charge on any atom is -0.472 e. The molecule has 6 rings (SSSR count). The maximum atomic E-state index is 14.1. The van der Waals surface area contributed by atoms with E-state index in [-0.39, 0.29) is 29.6 Å². The topological polar surface area (TPSA) is 238 Å². The second-order valence-corrected chi connectivity index (χ2v) is 17.4. The normalized spacial score (nSPS) is 38.9. The molecule has 0 aromatic carbocycles. The lowest BCUT2D eigenvalue weighted by molar-refractivity contribution is -0.349. The number of rotatable bonds is 9. The number of ether oxygens (including phenoxy) is 6. The Hall–Kier alpha value is -4.09. The van der Waals surface area contributed by atoms with Gasteiger partial charge in [0.05, 0.1) is 37.2 Å². The number of carbonyl (C=O) groups excluding carboxylic acids is 5. The first-order valence-corrected chi connectivity index (χ1v) is 18.7. The van der Waals surface area contributed by atoms with Gasteiger partial charge in [-0.2, -0.15) is 0 Å². The average molecular weight is 789 g/mol. The molecule has 5 aliphatic rings. The number of carbonyl (C=O) groups is 5. The fraction of sp³-hybridized carbons (Fsp3) is 0.675. The molecule has 1 saturated heterocycles. The largest absolute Gasteiger partial charge is 0.472 e. The highest BCUT2D eigenvalue weighted by atomic mass is 16.7. The maximum absolute atomic E-state index is 14.1. The predicted molar refractivity (Wildman–Crippen MR) is 189 cm³/mol. The summed E-state index contributed by atoms with van der Waals surface area (Å²) in [7, 11) is 1.08. The molecular weight excluding hydrogens is 736 g/mol. The second-order valence-electron chi connectivity index (χ2n) is 17.4. The van der Waals surface area contributed by atoms with Crippen molar-refractivity contribution in [3.63, 3.8) is 0 Å². The average Bonchev–Trinajstić information content (AvgIpc) is 3.44. The van der Waals surface area contributed by atoms with Crippen LogP contribution in [0.15, 0.2) is 45.3 Å². The number of cyclic esters (lactones) is 1. The first-order chi connectivity index (χ1) is 25.8. The Labute approximate surface area is 324 Å². The van der Waals surface area contributed by atoms with Crippen molar-refractivity contribution in [1.82, 2.24) is 0 Å². The molecule has 1 saturated carbocycles. The van der Waals surface area contributed by atoms with E-state index in [1.54, 1.807) is 33.8 Å². The zero-order valence-corrected chi connectivity index (χ0v) is 33.5. The molecule has 16 nitrogen and oxygen atoms in total. The number of aliphatic hydroxyl groups is 4. The van der Waals surface area contributed by atoms with Crippen LogP contribution in [0.5, 0.6) is 0 Å². The Bertz CT molecular complexity index is 1900. The second kappa shape index (κ2) is 13.2. The van der Waals surface area contributed by atoms with E-state index in [2.05, 4.69) is 0 Å². The van der Waals surface area contributed by atoms with E-state index in [0.717, 1.165) is 14.0 Å². The number of methoxy groups -OCH3 is 1. The van der Waals surface area contributed by atoms with Gasteiger partial charge in [0.1, 0.15) is 17.8 Å². The van der Waals surface area contributed by atoms with Crippen LogP contribution < -0.4 is 0 Å². The van der Waals surface area contributed by atoms with Gasteiger partial charge in [-0.15, -0.1) is 0 Å². The van der Waals surface area contributed by atoms with Crippen LogP contribution in [0.4, 0.5) is 0 Å². The molecule has 16 heteroatoms. The molecule has 0 radical (unpaired) electrons. The third-order valence-corrected chi connectivity index (χ3v) is 13.5. The minimum atomic E-state index is -2.85. The summed E-state index contributed by atoms with van der Waals surface area (Å²) >= 11 is 0. The Morgan fingerprint density at radius 2 is 1.61 bits per heavy atom. The van der Waals surface area contributed by atoms with Crippen LogP contribution >= 0.6 is 0 Å². The SMILES string of the molecule is COC(=O)C(OC(C)=O)C1C(C)(C)C(OC(=O)C2(C)OC2C)C2(O)C(OC(=O)C(C)C)C3=C(CCC4(C)C3=C(C(O)O)C(=O)OC4c3ccoc3)C1(C)C2(C)O. The number of aliphatic hydroxyl groups excluding tert-OH is 1. The van der Waals surface area contributed by atoms with E-state index < -0.39 is 117 Å². The minimum absolute atomic E-state index is 0.0168. The van der Waals surface area contributed by atoms with E-state index in [1.807, 2.05) is 0 Å². The molecule has 2 aliphatic heterocycles. The van der Waals surface area contributed by atoms with Crippen LogP contribution in [0.25, 0.3) is 0 Å². The number of furan rings is 1. The van der Waals surface area contributed by atoms with Crippen LogP contribution in [-0.4, -0.2) is 105 Å². The summed E-state index contributed by atoms with van der Waals surface area (Å²) in [6, 6.07) is 1.58. The van der Waals surface area contributed by atoms with Crippen molar-refractivity contribution in [2.75, 3.05) is 7.11 Å². The molecular formula is C40H52O16. The van der Waals surface area contributed by atoms with E-state index in [4.69, 9.17) is 32.8 Å². The lowest BCUT2D eigenvalue weighted by atomic mass is 9.36. The quantitative estimate of drug-likeness (QED) is 0.122. The van der Waals surface area contributed by atoms with Gasteiger partial charge in [-0.25, -0.2) is 14.4 Å². The van der Waals surface area contributed by atoms with Crippen LogP contribution in [0, 0.1) is 28.1 Å². The molecule has 4 N–H and O–H groups in total. The van der Waals surface area contributed by atoms with Gasteiger partial charge in [-0.05, 0) is 45.3 Å². The van der Waals surface area contributed by atoms with Crippen molar-refractivity contribution in [1.29, 1.82) is 0 Å². The number of epoxide rings is 1. The molecule has 0 spiro atoms. The van der Waals surface area contributed by atoms with Crippen LogP contribution in [0.3, 0.4) is 0 Å². The monoisotopic (exact) mass is 788 g/mol. The van der Waals surface area contributed by atoms with Crippen molar-refractivity contribution in [2.24, 2.45) is 28.1 Å². The van der Waals surface area contributed by atoms with Gasteiger partial charge >= 0.3 is 29.8 Å². The van der Waals surface area contributed by atoms with Gasteiger partial charge in [0.15, 0.2) is 23.6 Å².